The van der Waals surface area contributed by atoms with Crippen LogP contribution in [0.15, 0.2) is 18.2 Å². The van der Waals surface area contributed by atoms with Gasteiger partial charge in [0.2, 0.25) is 6.41 Å². The molecule has 0 spiro atoms. The Morgan fingerprint density at radius 1 is 1.60 bits per heavy atom. The van der Waals surface area contributed by atoms with Crippen LogP contribution in [0.4, 0.5) is 0 Å². The van der Waals surface area contributed by atoms with Gasteiger partial charge in [-0.2, -0.15) is 0 Å². The van der Waals surface area contributed by atoms with Crippen molar-refractivity contribution >= 4 is 18.0 Å². The highest BCUT2D eigenvalue weighted by molar-refractivity contribution is 6.32. The summed E-state index contributed by atoms with van der Waals surface area (Å²) in [5.41, 5.74) is 1.08. The largest absolute Gasteiger partial charge is 0.495 e. The maximum absolute atomic E-state index is 10.2. The zero-order valence-electron chi connectivity index (χ0n) is 8.79. The Morgan fingerprint density at radius 2 is 2.33 bits per heavy atom. The van der Waals surface area contributed by atoms with Gasteiger partial charge in [0.25, 0.3) is 0 Å². The van der Waals surface area contributed by atoms with Crippen molar-refractivity contribution in [3.63, 3.8) is 0 Å². The van der Waals surface area contributed by atoms with E-state index in [4.69, 9.17) is 16.3 Å². The number of amides is 1. The standard InChI is InChI=1S/C11H14ClNO2/c1-8(13-7-14)5-9-3-4-10(12)11(6-9)15-2/h3-4,6-8H,5H2,1-2H3,(H,13,14)/t8-/m0/s1. The summed E-state index contributed by atoms with van der Waals surface area (Å²) in [6.07, 6.45) is 1.46. The van der Waals surface area contributed by atoms with Crippen LogP contribution in [0.3, 0.4) is 0 Å². The van der Waals surface area contributed by atoms with E-state index in [2.05, 4.69) is 5.32 Å². The van der Waals surface area contributed by atoms with Crippen molar-refractivity contribution in [1.82, 2.24) is 5.32 Å². The number of methoxy groups -OCH3 is 1. The summed E-state index contributed by atoms with van der Waals surface area (Å²) in [6.45, 7) is 1.94. The summed E-state index contributed by atoms with van der Waals surface area (Å²) in [5, 5.41) is 3.29. The van der Waals surface area contributed by atoms with E-state index >= 15 is 0 Å². The first-order valence-corrected chi connectivity index (χ1v) is 5.07. The van der Waals surface area contributed by atoms with Crippen molar-refractivity contribution in [2.45, 2.75) is 19.4 Å². The molecule has 0 saturated heterocycles. The van der Waals surface area contributed by atoms with Crippen molar-refractivity contribution in [3.05, 3.63) is 28.8 Å². The lowest BCUT2D eigenvalue weighted by Gasteiger charge is -2.11. The average Bonchev–Trinajstić information content (AvgIpc) is 2.21. The highest BCUT2D eigenvalue weighted by Crippen LogP contribution is 2.25. The number of nitrogens with one attached hydrogen (secondary N) is 1. The van der Waals surface area contributed by atoms with E-state index < -0.39 is 0 Å². The van der Waals surface area contributed by atoms with E-state index in [0.29, 0.717) is 17.2 Å². The van der Waals surface area contributed by atoms with Crippen LogP contribution in [0.2, 0.25) is 5.02 Å². The number of benzene rings is 1. The van der Waals surface area contributed by atoms with Crippen LogP contribution in [-0.2, 0) is 11.2 Å². The molecule has 0 bridgehead atoms. The molecule has 3 nitrogen and oxygen atoms in total. The van der Waals surface area contributed by atoms with Gasteiger partial charge in [0.1, 0.15) is 5.75 Å². The number of carbonyl (C=O) groups is 1. The van der Waals surface area contributed by atoms with Gasteiger partial charge in [-0.3, -0.25) is 4.79 Å². The molecule has 0 saturated carbocycles. The molecule has 0 aliphatic heterocycles. The van der Waals surface area contributed by atoms with Crippen molar-refractivity contribution in [1.29, 1.82) is 0 Å². The summed E-state index contributed by atoms with van der Waals surface area (Å²) in [4.78, 5) is 10.2. The van der Waals surface area contributed by atoms with Crippen molar-refractivity contribution < 1.29 is 9.53 Å². The fourth-order valence-corrected chi connectivity index (χ4v) is 1.55. The summed E-state index contributed by atoms with van der Waals surface area (Å²) in [7, 11) is 1.58. The Balaban J connectivity index is 2.73. The topological polar surface area (TPSA) is 38.3 Å². The van der Waals surface area contributed by atoms with Crippen LogP contribution in [-0.4, -0.2) is 19.6 Å². The molecule has 0 radical (unpaired) electrons. The normalized spacial score (nSPS) is 11.9. The number of rotatable bonds is 5. The van der Waals surface area contributed by atoms with Gasteiger partial charge in [-0.1, -0.05) is 17.7 Å². The fourth-order valence-electron chi connectivity index (χ4n) is 1.36. The lowest BCUT2D eigenvalue weighted by molar-refractivity contribution is -0.110. The lowest BCUT2D eigenvalue weighted by atomic mass is 10.1. The first-order valence-electron chi connectivity index (χ1n) is 4.69. The predicted molar refractivity (Wildman–Crippen MR) is 60.4 cm³/mol. The molecule has 82 valence electrons. The van der Waals surface area contributed by atoms with Crippen molar-refractivity contribution in [2.24, 2.45) is 0 Å². The van der Waals surface area contributed by atoms with Crippen LogP contribution < -0.4 is 10.1 Å². The number of carbonyl (C=O) groups excluding carboxylic acids is 1. The van der Waals surface area contributed by atoms with Gasteiger partial charge in [-0.25, -0.2) is 0 Å². The van der Waals surface area contributed by atoms with Crippen molar-refractivity contribution in [2.75, 3.05) is 7.11 Å². The quantitative estimate of drug-likeness (QED) is 0.782. The Bertz CT molecular complexity index is 341. The number of hydrogen-bond donors (Lipinski definition) is 1. The van der Waals surface area contributed by atoms with Crippen LogP contribution in [0.5, 0.6) is 5.75 Å². The first kappa shape index (κ1) is 11.9. The fraction of sp³-hybridized carbons (Fsp3) is 0.364. The molecule has 1 rings (SSSR count). The van der Waals surface area contributed by atoms with E-state index in [1.165, 1.54) is 0 Å². The molecule has 1 N–H and O–H groups in total. The van der Waals surface area contributed by atoms with Gasteiger partial charge in [-0.05, 0) is 31.0 Å². The second-order valence-electron chi connectivity index (χ2n) is 3.36. The second-order valence-corrected chi connectivity index (χ2v) is 3.77. The molecule has 4 heteroatoms. The molecule has 0 fully saturated rings. The molecule has 0 aliphatic carbocycles. The average molecular weight is 228 g/mol. The molecule has 15 heavy (non-hydrogen) atoms. The molecule has 1 amide bonds. The van der Waals surface area contributed by atoms with E-state index in [1.54, 1.807) is 13.2 Å². The molecule has 0 aliphatic rings. The van der Waals surface area contributed by atoms with Crippen LogP contribution in [0.1, 0.15) is 12.5 Å². The third-order valence-electron chi connectivity index (χ3n) is 2.11. The van der Waals surface area contributed by atoms with Crippen LogP contribution >= 0.6 is 11.6 Å². The van der Waals surface area contributed by atoms with E-state index in [0.717, 1.165) is 12.0 Å². The Kier molecular flexibility index (Phi) is 4.43. The number of ether oxygens (including phenoxy) is 1. The summed E-state index contributed by atoms with van der Waals surface area (Å²) in [6, 6.07) is 5.70. The minimum atomic E-state index is 0.105. The van der Waals surface area contributed by atoms with Gasteiger partial charge in [0.15, 0.2) is 0 Å². The minimum Gasteiger partial charge on any atom is -0.495 e. The first-order chi connectivity index (χ1) is 7.17. The Labute approximate surface area is 94.4 Å². The van der Waals surface area contributed by atoms with Gasteiger partial charge in [-0.15, -0.1) is 0 Å². The molecule has 1 aromatic rings. The molecule has 1 atom stereocenters. The molecular weight excluding hydrogens is 214 g/mol. The Hall–Kier alpha value is -1.22. The predicted octanol–water partition coefficient (Wildman–Crippen LogP) is 2.03. The molecular formula is C11H14ClNO2. The highest BCUT2D eigenvalue weighted by Gasteiger charge is 2.05. The second kappa shape index (κ2) is 5.61. The van der Waals surface area contributed by atoms with Gasteiger partial charge in [0, 0.05) is 6.04 Å². The Morgan fingerprint density at radius 3 is 2.93 bits per heavy atom. The van der Waals surface area contributed by atoms with Crippen LogP contribution in [0.25, 0.3) is 0 Å². The smallest absolute Gasteiger partial charge is 0.207 e. The zero-order chi connectivity index (χ0) is 11.3. The molecule has 0 heterocycles. The van der Waals surface area contributed by atoms with Crippen molar-refractivity contribution in [3.8, 4) is 5.75 Å². The molecule has 0 unspecified atom stereocenters. The maximum atomic E-state index is 10.2. The van der Waals surface area contributed by atoms with Gasteiger partial charge >= 0.3 is 0 Å². The van der Waals surface area contributed by atoms with E-state index in [1.807, 2.05) is 19.1 Å². The van der Waals surface area contributed by atoms with E-state index in [9.17, 15) is 4.79 Å². The third kappa shape index (κ3) is 3.44. The van der Waals surface area contributed by atoms with Gasteiger partial charge in [0.05, 0.1) is 12.1 Å². The highest BCUT2D eigenvalue weighted by atomic mass is 35.5. The van der Waals surface area contributed by atoms with E-state index in [-0.39, 0.29) is 6.04 Å². The SMILES string of the molecule is COc1cc(C[C@H](C)NC=O)ccc1Cl. The molecule has 1 aromatic carbocycles. The van der Waals surface area contributed by atoms with Gasteiger partial charge < -0.3 is 10.1 Å². The summed E-state index contributed by atoms with van der Waals surface area (Å²) >= 11 is 5.90. The number of halogens is 1. The summed E-state index contributed by atoms with van der Waals surface area (Å²) < 4.78 is 5.11. The third-order valence-corrected chi connectivity index (χ3v) is 2.42. The van der Waals surface area contributed by atoms with Crippen LogP contribution in [0, 0.1) is 0 Å². The number of hydrogen-bond acceptors (Lipinski definition) is 2. The monoisotopic (exact) mass is 227 g/mol. The maximum Gasteiger partial charge on any atom is 0.207 e. The molecule has 0 aromatic heterocycles. The zero-order valence-corrected chi connectivity index (χ0v) is 9.54. The summed E-state index contributed by atoms with van der Waals surface area (Å²) in [5.74, 6) is 0.660. The minimum absolute atomic E-state index is 0.105. The lowest BCUT2D eigenvalue weighted by Crippen LogP contribution is -2.26.